The molecule has 96 valence electrons. The molecule has 0 unspecified atom stereocenters. The molecule has 17 heavy (non-hydrogen) atoms. The number of benzene rings is 1. The highest BCUT2D eigenvalue weighted by Gasteiger charge is 2.37. The molecule has 1 aromatic carbocycles. The molecule has 0 saturated carbocycles. The standard InChI is InChI=1S/C9H10F2N2O3.ClH/c10-9(11,5-14)8(12)6-2-1-3-7(4-6)13(15)16;/h1-4,8,14H,5,12H2;1H/t8-;/m1./s1. The first-order valence-corrected chi connectivity index (χ1v) is 4.37. The van der Waals surface area contributed by atoms with Gasteiger partial charge in [-0.05, 0) is 5.56 Å². The van der Waals surface area contributed by atoms with E-state index in [0.29, 0.717) is 0 Å². The predicted octanol–water partition coefficient (Wildman–Crippen LogP) is 1.64. The minimum Gasteiger partial charge on any atom is -0.390 e. The van der Waals surface area contributed by atoms with E-state index in [9.17, 15) is 18.9 Å². The van der Waals surface area contributed by atoms with Gasteiger partial charge in [-0.3, -0.25) is 10.1 Å². The van der Waals surface area contributed by atoms with Gasteiger partial charge in [-0.15, -0.1) is 12.4 Å². The highest BCUT2D eigenvalue weighted by Crippen LogP contribution is 2.30. The van der Waals surface area contributed by atoms with E-state index in [1.807, 2.05) is 0 Å². The van der Waals surface area contributed by atoms with Crippen molar-refractivity contribution in [3.63, 3.8) is 0 Å². The summed E-state index contributed by atoms with van der Waals surface area (Å²) in [6.07, 6.45) is 0. The second-order valence-electron chi connectivity index (χ2n) is 3.25. The molecule has 0 fully saturated rings. The summed E-state index contributed by atoms with van der Waals surface area (Å²) in [5, 5.41) is 18.9. The number of nitro benzene ring substituents is 1. The molecule has 0 saturated heterocycles. The summed E-state index contributed by atoms with van der Waals surface area (Å²) in [4.78, 5) is 9.72. The maximum absolute atomic E-state index is 13.0. The van der Waals surface area contributed by atoms with Crippen molar-refractivity contribution in [2.24, 2.45) is 5.73 Å². The van der Waals surface area contributed by atoms with Crippen LogP contribution in [0, 0.1) is 10.1 Å². The summed E-state index contributed by atoms with van der Waals surface area (Å²) in [5.74, 6) is -3.50. The van der Waals surface area contributed by atoms with Gasteiger partial charge in [0.25, 0.3) is 11.6 Å². The number of nitro groups is 1. The molecule has 0 aliphatic carbocycles. The number of rotatable bonds is 4. The fourth-order valence-corrected chi connectivity index (χ4v) is 1.17. The molecule has 0 aliphatic rings. The molecule has 0 aromatic heterocycles. The second-order valence-corrected chi connectivity index (χ2v) is 3.25. The van der Waals surface area contributed by atoms with Gasteiger partial charge in [0.15, 0.2) is 0 Å². The van der Waals surface area contributed by atoms with Gasteiger partial charge < -0.3 is 10.8 Å². The number of aliphatic hydroxyl groups excluding tert-OH is 1. The van der Waals surface area contributed by atoms with Crippen LogP contribution in [0.2, 0.25) is 0 Å². The van der Waals surface area contributed by atoms with E-state index in [0.717, 1.165) is 6.07 Å². The third-order valence-electron chi connectivity index (χ3n) is 2.11. The second kappa shape index (κ2) is 5.85. The number of nitrogens with two attached hydrogens (primary N) is 1. The number of hydrogen-bond acceptors (Lipinski definition) is 4. The lowest BCUT2D eigenvalue weighted by molar-refractivity contribution is -0.385. The Morgan fingerprint density at radius 3 is 2.59 bits per heavy atom. The SMILES string of the molecule is Cl.N[C@H](c1cccc([N+](=O)[O-])c1)C(F)(F)CO. The molecule has 0 amide bonds. The quantitative estimate of drug-likeness (QED) is 0.642. The van der Waals surface area contributed by atoms with Crippen molar-refractivity contribution < 1.29 is 18.8 Å². The summed E-state index contributed by atoms with van der Waals surface area (Å²) in [5.41, 5.74) is 4.81. The molecule has 1 aromatic rings. The Morgan fingerprint density at radius 1 is 1.53 bits per heavy atom. The summed E-state index contributed by atoms with van der Waals surface area (Å²) < 4.78 is 26.0. The van der Waals surface area contributed by atoms with Crippen molar-refractivity contribution in [3.05, 3.63) is 39.9 Å². The van der Waals surface area contributed by atoms with E-state index in [4.69, 9.17) is 10.8 Å². The van der Waals surface area contributed by atoms with Crippen LogP contribution in [-0.4, -0.2) is 22.6 Å². The van der Waals surface area contributed by atoms with Crippen LogP contribution in [0.4, 0.5) is 14.5 Å². The van der Waals surface area contributed by atoms with E-state index in [2.05, 4.69) is 0 Å². The van der Waals surface area contributed by atoms with Gasteiger partial charge in [0, 0.05) is 12.1 Å². The number of nitrogens with zero attached hydrogens (tertiary/aromatic N) is 1. The van der Waals surface area contributed by atoms with Gasteiger partial charge in [0.05, 0.1) is 11.0 Å². The number of aliphatic hydroxyl groups is 1. The van der Waals surface area contributed by atoms with Crippen LogP contribution in [0.5, 0.6) is 0 Å². The van der Waals surface area contributed by atoms with Crippen LogP contribution in [0.1, 0.15) is 11.6 Å². The summed E-state index contributed by atoms with van der Waals surface area (Å²) >= 11 is 0. The van der Waals surface area contributed by atoms with E-state index in [1.54, 1.807) is 0 Å². The molecule has 0 heterocycles. The molecule has 8 heteroatoms. The fourth-order valence-electron chi connectivity index (χ4n) is 1.17. The lowest BCUT2D eigenvalue weighted by atomic mass is 10.0. The molecule has 1 rings (SSSR count). The number of halogens is 3. The lowest BCUT2D eigenvalue weighted by Gasteiger charge is -2.21. The third-order valence-corrected chi connectivity index (χ3v) is 2.11. The van der Waals surface area contributed by atoms with Crippen LogP contribution >= 0.6 is 12.4 Å². The third kappa shape index (κ3) is 3.58. The number of hydrogen-bond donors (Lipinski definition) is 2. The Morgan fingerprint density at radius 2 is 2.12 bits per heavy atom. The molecular formula is C9H11ClF2N2O3. The number of alkyl halides is 2. The summed E-state index contributed by atoms with van der Waals surface area (Å²) in [6.45, 7) is -1.41. The first-order chi connectivity index (χ1) is 7.38. The van der Waals surface area contributed by atoms with Crippen molar-refractivity contribution in [1.82, 2.24) is 0 Å². The van der Waals surface area contributed by atoms with Crippen LogP contribution in [0.15, 0.2) is 24.3 Å². The molecule has 0 radical (unpaired) electrons. The fraction of sp³-hybridized carbons (Fsp3) is 0.333. The maximum atomic E-state index is 13.0. The minimum absolute atomic E-state index is 0. The van der Waals surface area contributed by atoms with Gasteiger partial charge in [0.2, 0.25) is 0 Å². The lowest BCUT2D eigenvalue weighted by Crippen LogP contribution is -2.36. The normalized spacial score (nSPS) is 12.7. The molecule has 0 spiro atoms. The first-order valence-electron chi connectivity index (χ1n) is 4.37. The Bertz CT molecular complexity index is 404. The van der Waals surface area contributed by atoms with E-state index in [1.165, 1.54) is 18.2 Å². The van der Waals surface area contributed by atoms with Crippen LogP contribution < -0.4 is 5.73 Å². The van der Waals surface area contributed by atoms with Gasteiger partial charge in [-0.1, -0.05) is 12.1 Å². The monoisotopic (exact) mass is 268 g/mol. The smallest absolute Gasteiger partial charge is 0.289 e. The minimum atomic E-state index is -3.50. The average molecular weight is 269 g/mol. The Balaban J connectivity index is 0.00000256. The number of non-ortho nitro benzene ring substituents is 1. The van der Waals surface area contributed by atoms with Crippen LogP contribution in [0.3, 0.4) is 0 Å². The topological polar surface area (TPSA) is 89.4 Å². The van der Waals surface area contributed by atoms with Crippen molar-refractivity contribution >= 4 is 18.1 Å². The molecule has 1 atom stereocenters. The van der Waals surface area contributed by atoms with E-state index in [-0.39, 0.29) is 23.7 Å². The highest BCUT2D eigenvalue weighted by molar-refractivity contribution is 5.85. The maximum Gasteiger partial charge on any atom is 0.289 e. The molecule has 5 nitrogen and oxygen atoms in total. The van der Waals surface area contributed by atoms with Crippen molar-refractivity contribution in [1.29, 1.82) is 0 Å². The van der Waals surface area contributed by atoms with Gasteiger partial charge in [-0.2, -0.15) is 0 Å². The van der Waals surface area contributed by atoms with Crippen LogP contribution in [-0.2, 0) is 0 Å². The highest BCUT2D eigenvalue weighted by atomic mass is 35.5. The van der Waals surface area contributed by atoms with Gasteiger partial charge >= 0.3 is 0 Å². The molecular weight excluding hydrogens is 258 g/mol. The predicted molar refractivity (Wildman–Crippen MR) is 59.3 cm³/mol. The Hall–Kier alpha value is -1.31. The zero-order chi connectivity index (χ0) is 12.3. The molecule has 0 aliphatic heterocycles. The first kappa shape index (κ1) is 15.7. The van der Waals surface area contributed by atoms with Gasteiger partial charge in [0.1, 0.15) is 6.61 Å². The largest absolute Gasteiger partial charge is 0.390 e. The van der Waals surface area contributed by atoms with Crippen molar-refractivity contribution in [2.45, 2.75) is 12.0 Å². The summed E-state index contributed by atoms with van der Waals surface area (Å²) in [6, 6.07) is 2.89. The summed E-state index contributed by atoms with van der Waals surface area (Å²) in [7, 11) is 0. The Kier molecular flexibility index (Phi) is 5.40. The van der Waals surface area contributed by atoms with Crippen LogP contribution in [0.25, 0.3) is 0 Å². The zero-order valence-electron chi connectivity index (χ0n) is 8.55. The van der Waals surface area contributed by atoms with Gasteiger partial charge in [-0.25, -0.2) is 8.78 Å². The van der Waals surface area contributed by atoms with Crippen molar-refractivity contribution in [2.75, 3.05) is 6.61 Å². The van der Waals surface area contributed by atoms with E-state index < -0.39 is 23.5 Å². The molecule has 0 bridgehead atoms. The zero-order valence-corrected chi connectivity index (χ0v) is 9.36. The van der Waals surface area contributed by atoms with E-state index >= 15 is 0 Å². The molecule has 3 N–H and O–H groups in total. The van der Waals surface area contributed by atoms with Crippen molar-refractivity contribution in [3.8, 4) is 0 Å². The Labute approximate surface area is 102 Å². The average Bonchev–Trinajstić information content (AvgIpc) is 2.28.